The molecule has 4 heteroatoms. The minimum absolute atomic E-state index is 0.0777. The molecule has 74 valence electrons. The predicted octanol–water partition coefficient (Wildman–Crippen LogP) is 2.75. The molecule has 0 amide bonds. The van der Waals surface area contributed by atoms with Gasteiger partial charge in [-0.15, -0.1) is 11.3 Å². The molecule has 0 bridgehead atoms. The molecule has 0 aliphatic rings. The zero-order valence-corrected chi connectivity index (χ0v) is 8.91. The van der Waals surface area contributed by atoms with Crippen LogP contribution in [-0.4, -0.2) is 15.2 Å². The van der Waals surface area contributed by atoms with Crippen LogP contribution in [-0.2, 0) is 0 Å². The number of rotatable bonds is 1. The molecule has 0 aliphatic heterocycles. The fraction of sp³-hybridized carbons (Fsp3) is 0.0909. The SMILES string of the molecule is CC(=O)c1ccn2c1cnc1sccc12. The number of carbonyl (C=O) groups excluding carboxylic acids is 1. The number of aromatic nitrogens is 2. The van der Waals surface area contributed by atoms with Gasteiger partial charge in [0, 0.05) is 11.8 Å². The molecule has 3 heterocycles. The van der Waals surface area contributed by atoms with E-state index in [0.717, 1.165) is 21.4 Å². The molecular weight excluding hydrogens is 208 g/mol. The molecule has 3 aromatic heterocycles. The Kier molecular flexibility index (Phi) is 1.67. The molecule has 0 N–H and O–H groups in total. The third kappa shape index (κ3) is 1.11. The van der Waals surface area contributed by atoms with E-state index in [1.165, 1.54) is 0 Å². The molecule has 15 heavy (non-hydrogen) atoms. The summed E-state index contributed by atoms with van der Waals surface area (Å²) in [6, 6.07) is 3.86. The number of carbonyl (C=O) groups is 1. The van der Waals surface area contributed by atoms with Gasteiger partial charge in [-0.2, -0.15) is 0 Å². The minimum atomic E-state index is 0.0777. The maximum atomic E-state index is 11.4. The Hall–Kier alpha value is -1.68. The summed E-state index contributed by atoms with van der Waals surface area (Å²) >= 11 is 1.60. The van der Waals surface area contributed by atoms with Crippen molar-refractivity contribution in [2.75, 3.05) is 0 Å². The van der Waals surface area contributed by atoms with Crippen LogP contribution in [0, 0.1) is 0 Å². The van der Waals surface area contributed by atoms with E-state index >= 15 is 0 Å². The number of fused-ring (bicyclic) bond motifs is 3. The molecule has 0 aromatic carbocycles. The van der Waals surface area contributed by atoms with Gasteiger partial charge in [-0.1, -0.05) is 0 Å². The molecule has 0 unspecified atom stereocenters. The second-order valence-corrected chi connectivity index (χ2v) is 4.30. The molecule has 3 nitrogen and oxygen atoms in total. The molecular formula is C11H8N2OS. The fourth-order valence-corrected chi connectivity index (χ4v) is 2.50. The first kappa shape index (κ1) is 8.61. The van der Waals surface area contributed by atoms with Crippen LogP contribution in [0.2, 0.25) is 0 Å². The van der Waals surface area contributed by atoms with Crippen molar-refractivity contribution in [1.82, 2.24) is 9.38 Å². The quantitative estimate of drug-likeness (QED) is 0.586. The molecule has 0 atom stereocenters. The van der Waals surface area contributed by atoms with E-state index in [4.69, 9.17) is 0 Å². The van der Waals surface area contributed by atoms with Crippen molar-refractivity contribution in [1.29, 1.82) is 0 Å². The zero-order valence-electron chi connectivity index (χ0n) is 8.10. The average molecular weight is 216 g/mol. The normalized spacial score (nSPS) is 11.3. The van der Waals surface area contributed by atoms with Crippen molar-refractivity contribution in [3.8, 4) is 0 Å². The molecule has 0 fully saturated rings. The highest BCUT2D eigenvalue weighted by Crippen LogP contribution is 2.22. The van der Waals surface area contributed by atoms with E-state index < -0.39 is 0 Å². The monoisotopic (exact) mass is 216 g/mol. The highest BCUT2D eigenvalue weighted by Gasteiger charge is 2.09. The van der Waals surface area contributed by atoms with Gasteiger partial charge in [-0.25, -0.2) is 4.98 Å². The number of thiophene rings is 1. The number of ketones is 1. The average Bonchev–Trinajstić information content (AvgIpc) is 2.82. The smallest absolute Gasteiger partial charge is 0.162 e. The Morgan fingerprint density at radius 1 is 1.40 bits per heavy atom. The van der Waals surface area contributed by atoms with E-state index in [2.05, 4.69) is 4.98 Å². The van der Waals surface area contributed by atoms with Gasteiger partial charge < -0.3 is 4.40 Å². The Bertz CT molecular complexity index is 665. The Morgan fingerprint density at radius 2 is 2.27 bits per heavy atom. The molecule has 0 radical (unpaired) electrons. The van der Waals surface area contributed by atoms with Gasteiger partial charge in [0.15, 0.2) is 5.78 Å². The maximum absolute atomic E-state index is 11.4. The van der Waals surface area contributed by atoms with Gasteiger partial charge in [0.2, 0.25) is 0 Å². The summed E-state index contributed by atoms with van der Waals surface area (Å²) in [5.41, 5.74) is 2.68. The topological polar surface area (TPSA) is 34.4 Å². The second kappa shape index (κ2) is 2.90. The Morgan fingerprint density at radius 3 is 3.07 bits per heavy atom. The van der Waals surface area contributed by atoms with E-state index in [-0.39, 0.29) is 5.78 Å². The fourth-order valence-electron chi connectivity index (χ4n) is 1.78. The molecule has 0 spiro atoms. The number of hydrogen-bond donors (Lipinski definition) is 0. The summed E-state index contributed by atoms with van der Waals surface area (Å²) in [7, 11) is 0. The van der Waals surface area contributed by atoms with Crippen LogP contribution in [0.1, 0.15) is 17.3 Å². The lowest BCUT2D eigenvalue weighted by Crippen LogP contribution is -1.92. The lowest BCUT2D eigenvalue weighted by atomic mass is 10.2. The molecule has 0 saturated heterocycles. The number of hydrogen-bond acceptors (Lipinski definition) is 3. The van der Waals surface area contributed by atoms with Gasteiger partial charge in [0.1, 0.15) is 4.83 Å². The highest BCUT2D eigenvalue weighted by molar-refractivity contribution is 7.16. The summed E-state index contributed by atoms with van der Waals surface area (Å²) in [6.07, 6.45) is 3.68. The van der Waals surface area contributed by atoms with Crippen LogP contribution in [0.4, 0.5) is 0 Å². The van der Waals surface area contributed by atoms with Gasteiger partial charge in [-0.05, 0) is 24.4 Å². The predicted molar refractivity (Wildman–Crippen MR) is 60.6 cm³/mol. The van der Waals surface area contributed by atoms with Crippen LogP contribution in [0.3, 0.4) is 0 Å². The third-order valence-electron chi connectivity index (χ3n) is 2.49. The molecule has 3 aromatic rings. The lowest BCUT2D eigenvalue weighted by molar-refractivity contribution is 0.101. The summed E-state index contributed by atoms with van der Waals surface area (Å²) in [6.45, 7) is 1.58. The van der Waals surface area contributed by atoms with Crippen LogP contribution < -0.4 is 0 Å². The van der Waals surface area contributed by atoms with Crippen LogP contribution in [0.25, 0.3) is 15.9 Å². The zero-order chi connectivity index (χ0) is 10.4. The summed E-state index contributed by atoms with van der Waals surface area (Å²) in [5.74, 6) is 0.0777. The number of nitrogens with zero attached hydrogens (tertiary/aromatic N) is 2. The maximum Gasteiger partial charge on any atom is 0.162 e. The van der Waals surface area contributed by atoms with Gasteiger partial charge >= 0.3 is 0 Å². The third-order valence-corrected chi connectivity index (χ3v) is 3.30. The lowest BCUT2D eigenvalue weighted by Gasteiger charge is -1.97. The van der Waals surface area contributed by atoms with Gasteiger partial charge in [0.05, 0.1) is 17.2 Å². The van der Waals surface area contributed by atoms with Crippen LogP contribution >= 0.6 is 11.3 Å². The largest absolute Gasteiger partial charge is 0.312 e. The van der Waals surface area contributed by atoms with Gasteiger partial charge in [0.25, 0.3) is 0 Å². The van der Waals surface area contributed by atoms with E-state index in [0.29, 0.717) is 0 Å². The standard InChI is InChI=1S/C11H8N2OS/c1-7(14)8-2-4-13-9-3-5-15-11(9)12-6-10(8)13/h2-6H,1H3. The highest BCUT2D eigenvalue weighted by atomic mass is 32.1. The van der Waals surface area contributed by atoms with E-state index in [9.17, 15) is 4.79 Å². The van der Waals surface area contributed by atoms with E-state index in [1.807, 2.05) is 28.1 Å². The molecule has 0 aliphatic carbocycles. The molecule has 3 rings (SSSR count). The first-order valence-electron chi connectivity index (χ1n) is 4.61. The van der Waals surface area contributed by atoms with Crippen molar-refractivity contribution in [2.24, 2.45) is 0 Å². The minimum Gasteiger partial charge on any atom is -0.312 e. The van der Waals surface area contributed by atoms with Gasteiger partial charge in [-0.3, -0.25) is 4.79 Å². The Balaban J connectivity index is 2.51. The number of Topliss-reactive ketones (excluding diaryl/α,β-unsaturated/α-hetero) is 1. The van der Waals surface area contributed by atoms with Crippen LogP contribution in [0.15, 0.2) is 29.9 Å². The van der Waals surface area contributed by atoms with Crippen molar-refractivity contribution in [2.45, 2.75) is 6.92 Å². The first-order valence-corrected chi connectivity index (χ1v) is 5.49. The Labute approximate surface area is 90.0 Å². The summed E-state index contributed by atoms with van der Waals surface area (Å²) in [4.78, 5) is 16.7. The second-order valence-electron chi connectivity index (χ2n) is 3.41. The van der Waals surface area contributed by atoms with Crippen LogP contribution in [0.5, 0.6) is 0 Å². The van der Waals surface area contributed by atoms with Crippen molar-refractivity contribution in [3.63, 3.8) is 0 Å². The summed E-state index contributed by atoms with van der Waals surface area (Å²) < 4.78 is 2.01. The van der Waals surface area contributed by atoms with Crippen molar-refractivity contribution >= 4 is 33.0 Å². The van der Waals surface area contributed by atoms with Crippen molar-refractivity contribution < 1.29 is 4.79 Å². The van der Waals surface area contributed by atoms with Crippen molar-refractivity contribution in [3.05, 3.63) is 35.5 Å². The van der Waals surface area contributed by atoms with E-state index in [1.54, 1.807) is 24.5 Å². The summed E-state index contributed by atoms with van der Waals surface area (Å²) in [5, 5.41) is 2.00. The molecule has 0 saturated carbocycles. The first-order chi connectivity index (χ1) is 7.27.